The van der Waals surface area contributed by atoms with Gasteiger partial charge in [-0.3, -0.25) is 4.79 Å². The van der Waals surface area contributed by atoms with Crippen molar-refractivity contribution in [2.75, 3.05) is 5.32 Å². The van der Waals surface area contributed by atoms with Gasteiger partial charge in [0.2, 0.25) is 5.91 Å². The third-order valence-corrected chi connectivity index (χ3v) is 1.38. The van der Waals surface area contributed by atoms with Crippen molar-refractivity contribution < 1.29 is 4.79 Å². The number of nitrogens with one attached hydrogen (secondary N) is 1. The Morgan fingerprint density at radius 3 is 2.82 bits per heavy atom. The van der Waals surface area contributed by atoms with Gasteiger partial charge in [-0.05, 0) is 18.2 Å². The molecular weight excluding hydrogens is 162 g/mol. The van der Waals surface area contributed by atoms with Crippen LogP contribution in [0.5, 0.6) is 0 Å². The second-order valence-corrected chi connectivity index (χ2v) is 2.63. The third-order valence-electron chi connectivity index (χ3n) is 1.14. The Bertz CT molecular complexity index is 273. The van der Waals surface area contributed by atoms with Crippen LogP contribution < -0.4 is 5.32 Å². The molecule has 0 saturated carbocycles. The second-order valence-electron chi connectivity index (χ2n) is 2.19. The minimum Gasteiger partial charge on any atom is -0.326 e. The lowest BCUT2D eigenvalue weighted by Gasteiger charge is -2.00. The van der Waals surface area contributed by atoms with Crippen molar-refractivity contribution in [2.45, 2.75) is 6.92 Å². The van der Waals surface area contributed by atoms with Gasteiger partial charge < -0.3 is 5.32 Å². The van der Waals surface area contributed by atoms with Crippen molar-refractivity contribution in [3.63, 3.8) is 0 Å². The first-order chi connectivity index (χ1) is 5.18. The van der Waals surface area contributed by atoms with E-state index in [-0.39, 0.29) is 5.91 Å². The molecule has 0 bridgehead atoms. The minimum absolute atomic E-state index is 0.0905. The summed E-state index contributed by atoms with van der Waals surface area (Å²) in [5.74, 6) is -0.0905. The summed E-state index contributed by atoms with van der Waals surface area (Å²) >= 11 is 5.68. The highest BCUT2D eigenvalue weighted by molar-refractivity contribution is 6.30. The van der Waals surface area contributed by atoms with Gasteiger partial charge in [-0.1, -0.05) is 17.7 Å². The number of carbonyl (C=O) groups excluding carboxylic acids is 1. The summed E-state index contributed by atoms with van der Waals surface area (Å²) in [6.07, 6.45) is 0. The zero-order chi connectivity index (χ0) is 8.27. The van der Waals surface area contributed by atoms with E-state index >= 15 is 0 Å². The fraction of sp³-hybridized carbons (Fsp3) is 0.125. The van der Waals surface area contributed by atoms with Crippen LogP contribution >= 0.6 is 11.6 Å². The maximum Gasteiger partial charge on any atom is 0.221 e. The van der Waals surface area contributed by atoms with Crippen molar-refractivity contribution in [1.29, 1.82) is 0 Å². The Kier molecular flexibility index (Phi) is 2.49. The number of hydrogen-bond donors (Lipinski definition) is 1. The smallest absolute Gasteiger partial charge is 0.221 e. The zero-order valence-corrected chi connectivity index (χ0v) is 6.85. The molecule has 1 amide bonds. The van der Waals surface area contributed by atoms with E-state index in [1.807, 2.05) is 0 Å². The van der Waals surface area contributed by atoms with Crippen molar-refractivity contribution in [1.82, 2.24) is 0 Å². The van der Waals surface area contributed by atoms with E-state index in [0.29, 0.717) is 5.02 Å². The minimum atomic E-state index is -0.0905. The van der Waals surface area contributed by atoms with E-state index in [0.717, 1.165) is 5.69 Å². The van der Waals surface area contributed by atoms with Crippen molar-refractivity contribution >= 4 is 23.2 Å². The molecule has 0 unspecified atom stereocenters. The molecule has 0 aromatic heterocycles. The Balaban J connectivity index is 2.79. The largest absolute Gasteiger partial charge is 0.326 e. The summed E-state index contributed by atoms with van der Waals surface area (Å²) < 4.78 is 0. The number of amides is 1. The molecule has 0 aliphatic rings. The monoisotopic (exact) mass is 169 g/mol. The van der Waals surface area contributed by atoms with Gasteiger partial charge in [-0.25, -0.2) is 0 Å². The number of benzene rings is 1. The molecule has 1 aromatic rings. The van der Waals surface area contributed by atoms with E-state index in [1.165, 1.54) is 6.92 Å². The highest BCUT2D eigenvalue weighted by Gasteiger charge is 1.94. The van der Waals surface area contributed by atoms with E-state index in [4.69, 9.17) is 11.6 Å². The molecule has 0 radical (unpaired) electrons. The quantitative estimate of drug-likeness (QED) is 0.687. The van der Waals surface area contributed by atoms with Gasteiger partial charge in [0.1, 0.15) is 0 Å². The first kappa shape index (κ1) is 8.08. The normalized spacial score (nSPS) is 9.27. The Hall–Kier alpha value is -1.02. The second kappa shape index (κ2) is 3.39. The lowest BCUT2D eigenvalue weighted by Crippen LogP contribution is -2.05. The van der Waals surface area contributed by atoms with E-state index < -0.39 is 0 Å². The van der Waals surface area contributed by atoms with E-state index in [2.05, 4.69) is 5.32 Å². The molecule has 11 heavy (non-hydrogen) atoms. The Morgan fingerprint density at radius 1 is 1.55 bits per heavy atom. The average molecular weight is 170 g/mol. The topological polar surface area (TPSA) is 29.1 Å². The lowest BCUT2D eigenvalue weighted by atomic mass is 10.3. The molecule has 0 atom stereocenters. The molecule has 1 aromatic carbocycles. The number of halogens is 1. The fourth-order valence-corrected chi connectivity index (χ4v) is 0.960. The van der Waals surface area contributed by atoms with Gasteiger partial charge in [0.25, 0.3) is 0 Å². The summed E-state index contributed by atoms with van der Waals surface area (Å²) in [5, 5.41) is 3.24. The summed E-state index contributed by atoms with van der Waals surface area (Å²) in [7, 11) is 0. The number of rotatable bonds is 1. The number of hydrogen-bond acceptors (Lipinski definition) is 1. The van der Waals surface area contributed by atoms with Crippen LogP contribution in [0.1, 0.15) is 6.92 Å². The van der Waals surface area contributed by atoms with Gasteiger partial charge in [-0.2, -0.15) is 0 Å². The summed E-state index contributed by atoms with van der Waals surface area (Å²) in [5.41, 5.74) is 0.727. The molecule has 1 rings (SSSR count). The summed E-state index contributed by atoms with van der Waals surface area (Å²) in [6, 6.07) is 7.02. The predicted molar refractivity (Wildman–Crippen MR) is 45.8 cm³/mol. The van der Waals surface area contributed by atoms with Crippen LogP contribution in [-0.4, -0.2) is 5.91 Å². The highest BCUT2D eigenvalue weighted by atomic mass is 35.5. The standard InChI is InChI=1S/C8H8ClNO/c1-6(11)10-8-4-2-3-7(9)5-8/h2-5H,1H3,(H,10,11). The third kappa shape index (κ3) is 2.60. The SMILES string of the molecule is CC(=O)Nc1cccc(Cl)c1. The van der Waals surface area contributed by atoms with Crippen molar-refractivity contribution in [2.24, 2.45) is 0 Å². The van der Waals surface area contributed by atoms with E-state index in [9.17, 15) is 4.79 Å². The van der Waals surface area contributed by atoms with Gasteiger partial charge in [-0.15, -0.1) is 0 Å². The molecule has 0 fully saturated rings. The van der Waals surface area contributed by atoms with Crippen LogP contribution in [0.2, 0.25) is 5.02 Å². The first-order valence-electron chi connectivity index (χ1n) is 3.21. The Morgan fingerprint density at radius 2 is 2.27 bits per heavy atom. The van der Waals surface area contributed by atoms with Crippen LogP contribution in [0.25, 0.3) is 0 Å². The van der Waals surface area contributed by atoms with Crippen molar-refractivity contribution in [3.05, 3.63) is 29.3 Å². The van der Waals surface area contributed by atoms with Gasteiger partial charge >= 0.3 is 0 Å². The maximum absolute atomic E-state index is 10.6. The van der Waals surface area contributed by atoms with Gasteiger partial charge in [0.05, 0.1) is 0 Å². The lowest BCUT2D eigenvalue weighted by molar-refractivity contribution is -0.114. The number of anilines is 1. The number of carbonyl (C=O) groups is 1. The van der Waals surface area contributed by atoms with Gasteiger partial charge in [0.15, 0.2) is 0 Å². The fourth-order valence-electron chi connectivity index (χ4n) is 0.769. The summed E-state index contributed by atoms with van der Waals surface area (Å²) in [6.45, 7) is 1.46. The zero-order valence-electron chi connectivity index (χ0n) is 6.10. The predicted octanol–water partition coefficient (Wildman–Crippen LogP) is 2.30. The molecule has 0 saturated heterocycles. The van der Waals surface area contributed by atoms with Crippen LogP contribution in [0, 0.1) is 0 Å². The van der Waals surface area contributed by atoms with Crippen LogP contribution in [0.4, 0.5) is 5.69 Å². The maximum atomic E-state index is 10.6. The molecule has 0 heterocycles. The summed E-state index contributed by atoms with van der Waals surface area (Å²) in [4.78, 5) is 10.6. The molecule has 1 N–H and O–H groups in total. The van der Waals surface area contributed by atoms with E-state index in [1.54, 1.807) is 24.3 Å². The Labute approximate surface area is 70.2 Å². The molecule has 3 heteroatoms. The average Bonchev–Trinajstić information content (AvgIpc) is 1.85. The van der Waals surface area contributed by atoms with Crippen LogP contribution in [0.3, 0.4) is 0 Å². The van der Waals surface area contributed by atoms with Crippen LogP contribution in [0.15, 0.2) is 24.3 Å². The molecule has 0 aliphatic heterocycles. The highest BCUT2D eigenvalue weighted by Crippen LogP contribution is 2.14. The molecule has 58 valence electrons. The molecule has 0 aliphatic carbocycles. The van der Waals surface area contributed by atoms with Crippen LogP contribution in [-0.2, 0) is 4.79 Å². The van der Waals surface area contributed by atoms with Crippen molar-refractivity contribution in [3.8, 4) is 0 Å². The molecule has 0 spiro atoms. The molecular formula is C8H8ClNO. The molecule has 2 nitrogen and oxygen atoms in total. The first-order valence-corrected chi connectivity index (χ1v) is 3.59. The van der Waals surface area contributed by atoms with Gasteiger partial charge in [0, 0.05) is 17.6 Å².